The van der Waals surface area contributed by atoms with Gasteiger partial charge in [-0.15, -0.1) is 11.3 Å². The lowest BCUT2D eigenvalue weighted by Crippen LogP contribution is -2.41. The molecule has 0 bridgehead atoms. The van der Waals surface area contributed by atoms with Crippen molar-refractivity contribution in [1.29, 1.82) is 0 Å². The Morgan fingerprint density at radius 3 is 2.72 bits per heavy atom. The maximum Gasteiger partial charge on any atom is 0.416 e. The predicted octanol–water partition coefficient (Wildman–Crippen LogP) is 5.56. The lowest BCUT2D eigenvalue weighted by atomic mass is 9.95. The van der Waals surface area contributed by atoms with E-state index in [9.17, 15) is 22.8 Å². The number of fused-ring (bicyclic) bond motifs is 1. The number of halogens is 4. The first-order valence-corrected chi connectivity index (χ1v) is 12.4. The summed E-state index contributed by atoms with van der Waals surface area (Å²) in [7, 11) is 0. The second kappa shape index (κ2) is 9.40. The summed E-state index contributed by atoms with van der Waals surface area (Å²) in [6.45, 7) is -0.265. The molecule has 1 saturated carbocycles. The van der Waals surface area contributed by atoms with Crippen LogP contribution in [0.4, 0.5) is 13.2 Å². The summed E-state index contributed by atoms with van der Waals surface area (Å²) in [5.41, 5.74) is 2.41. The standard InChI is InChI=1S/C25H20ClF3N2O4S/c26-13-5-6-20(35-11-21(32)33)17(9-13)22-23-19(30-12-36-23)7-8-31(22)24(34)16-10-15(16)14-3-1-2-4-18(14)25(27,28)29/h1-6,9,12,15-16,22H,7-8,10-11H2,(H,32,33)/t15-,16+,22+/m0/s1. The molecule has 0 spiro atoms. The SMILES string of the molecule is O=C(O)COc1ccc(Cl)cc1[C@@H]1c2scnc2CCN1C(=O)[C@@H]1C[C@H]1c1ccccc1C(F)(F)F. The molecule has 3 atom stereocenters. The Kier molecular flexibility index (Phi) is 6.42. The van der Waals surface area contributed by atoms with Crippen molar-refractivity contribution in [3.63, 3.8) is 0 Å². The summed E-state index contributed by atoms with van der Waals surface area (Å²) in [6, 6.07) is 9.47. The van der Waals surface area contributed by atoms with Crippen LogP contribution in [0.5, 0.6) is 5.75 Å². The first kappa shape index (κ1) is 24.6. The molecular weight excluding hydrogens is 517 g/mol. The lowest BCUT2D eigenvalue weighted by Gasteiger charge is -2.36. The number of nitrogens with zero attached hydrogens (tertiary/aromatic N) is 2. The zero-order valence-electron chi connectivity index (χ0n) is 18.7. The third-order valence-corrected chi connectivity index (χ3v) is 7.65. The van der Waals surface area contributed by atoms with Gasteiger partial charge in [0.1, 0.15) is 5.75 Å². The van der Waals surface area contributed by atoms with Crippen LogP contribution in [0.15, 0.2) is 48.0 Å². The predicted molar refractivity (Wildman–Crippen MR) is 126 cm³/mol. The van der Waals surface area contributed by atoms with E-state index in [1.807, 2.05) is 0 Å². The van der Waals surface area contributed by atoms with Gasteiger partial charge >= 0.3 is 12.1 Å². The smallest absolute Gasteiger partial charge is 0.416 e. The molecule has 6 nitrogen and oxygen atoms in total. The minimum Gasteiger partial charge on any atom is -0.482 e. The lowest BCUT2D eigenvalue weighted by molar-refractivity contribution is -0.139. The number of carboxylic acids is 1. The Balaban J connectivity index is 1.49. The number of carbonyl (C=O) groups is 2. The zero-order chi connectivity index (χ0) is 25.6. The molecule has 2 aromatic carbocycles. The number of aliphatic carboxylic acids is 1. The van der Waals surface area contributed by atoms with E-state index in [-0.39, 0.29) is 17.2 Å². The average Bonchev–Trinajstić information content (AvgIpc) is 3.49. The maximum absolute atomic E-state index is 13.7. The molecule has 0 unspecified atom stereocenters. The van der Waals surface area contributed by atoms with Crippen LogP contribution in [0, 0.1) is 5.92 Å². The molecule has 2 heterocycles. The van der Waals surface area contributed by atoms with Gasteiger partial charge in [-0.05, 0) is 42.2 Å². The number of rotatable bonds is 6. The second-order valence-electron chi connectivity index (χ2n) is 8.75. The van der Waals surface area contributed by atoms with Crippen molar-refractivity contribution in [2.75, 3.05) is 13.2 Å². The summed E-state index contributed by atoms with van der Waals surface area (Å²) in [6.07, 6.45) is -3.68. The second-order valence-corrected chi connectivity index (χ2v) is 10.1. The molecule has 1 aliphatic carbocycles. The molecule has 36 heavy (non-hydrogen) atoms. The number of aromatic nitrogens is 1. The van der Waals surface area contributed by atoms with Gasteiger partial charge in [-0.2, -0.15) is 13.2 Å². The summed E-state index contributed by atoms with van der Waals surface area (Å²) < 4.78 is 46.2. The van der Waals surface area contributed by atoms with Crippen LogP contribution in [-0.2, 0) is 22.2 Å². The quantitative estimate of drug-likeness (QED) is 0.446. The van der Waals surface area contributed by atoms with E-state index in [0.717, 1.165) is 16.6 Å². The fraction of sp³-hybridized carbons (Fsp3) is 0.320. The van der Waals surface area contributed by atoms with E-state index >= 15 is 0 Å². The van der Waals surface area contributed by atoms with Crippen molar-refractivity contribution in [2.45, 2.75) is 31.0 Å². The van der Waals surface area contributed by atoms with Crippen LogP contribution in [0.25, 0.3) is 0 Å². The van der Waals surface area contributed by atoms with Crippen molar-refractivity contribution in [1.82, 2.24) is 9.88 Å². The number of carboxylic acid groups (broad SMARTS) is 1. The largest absolute Gasteiger partial charge is 0.482 e. The number of amides is 1. The van der Waals surface area contributed by atoms with Crippen LogP contribution in [0.1, 0.15) is 45.6 Å². The fourth-order valence-corrected chi connectivity index (χ4v) is 5.99. The Hall–Kier alpha value is -3.11. The summed E-state index contributed by atoms with van der Waals surface area (Å²) >= 11 is 7.63. The molecule has 2 aliphatic rings. The number of ether oxygens (including phenoxy) is 1. The molecule has 3 aromatic rings. The van der Waals surface area contributed by atoms with E-state index in [4.69, 9.17) is 21.4 Å². The van der Waals surface area contributed by atoms with E-state index < -0.39 is 42.2 Å². The molecule has 1 fully saturated rings. The van der Waals surface area contributed by atoms with Gasteiger partial charge < -0.3 is 14.7 Å². The summed E-state index contributed by atoms with van der Waals surface area (Å²) in [5, 5.41) is 9.47. The van der Waals surface area contributed by atoms with Crippen molar-refractivity contribution in [2.24, 2.45) is 5.92 Å². The van der Waals surface area contributed by atoms with Crippen LogP contribution in [0.3, 0.4) is 0 Å². The number of alkyl halides is 3. The highest BCUT2D eigenvalue weighted by Gasteiger charge is 2.51. The molecule has 11 heteroatoms. The normalized spacial score (nSPS) is 21.1. The molecule has 1 amide bonds. The van der Waals surface area contributed by atoms with Gasteiger partial charge in [-0.25, -0.2) is 9.78 Å². The van der Waals surface area contributed by atoms with E-state index in [1.54, 1.807) is 34.7 Å². The van der Waals surface area contributed by atoms with E-state index in [0.29, 0.717) is 30.0 Å². The molecule has 1 aromatic heterocycles. The number of carbonyl (C=O) groups excluding carboxylic acids is 1. The average molecular weight is 537 g/mol. The highest BCUT2D eigenvalue weighted by molar-refractivity contribution is 7.09. The van der Waals surface area contributed by atoms with Gasteiger partial charge in [0, 0.05) is 29.5 Å². The first-order chi connectivity index (χ1) is 17.1. The van der Waals surface area contributed by atoms with E-state index in [2.05, 4.69) is 4.98 Å². The van der Waals surface area contributed by atoms with Crippen molar-refractivity contribution in [3.8, 4) is 5.75 Å². The van der Waals surface area contributed by atoms with Crippen molar-refractivity contribution >= 4 is 34.8 Å². The van der Waals surface area contributed by atoms with E-state index in [1.165, 1.54) is 23.5 Å². The van der Waals surface area contributed by atoms with Crippen molar-refractivity contribution in [3.05, 3.63) is 80.3 Å². The Labute approximate surface area is 213 Å². The van der Waals surface area contributed by atoms with Crippen LogP contribution in [-0.4, -0.2) is 40.0 Å². The van der Waals surface area contributed by atoms with Gasteiger partial charge in [0.2, 0.25) is 5.91 Å². The minimum atomic E-state index is -4.50. The highest BCUT2D eigenvalue weighted by atomic mass is 35.5. The number of benzene rings is 2. The molecule has 188 valence electrons. The number of hydrogen-bond donors (Lipinski definition) is 1. The molecule has 0 saturated heterocycles. The molecule has 0 radical (unpaired) electrons. The maximum atomic E-state index is 13.7. The Morgan fingerprint density at radius 2 is 1.97 bits per heavy atom. The van der Waals surface area contributed by atoms with Gasteiger partial charge in [0.15, 0.2) is 6.61 Å². The molecule has 1 aliphatic heterocycles. The molecule has 5 rings (SSSR count). The summed E-state index contributed by atoms with van der Waals surface area (Å²) in [4.78, 5) is 31.7. The Bertz CT molecular complexity index is 1330. The van der Waals surface area contributed by atoms with Gasteiger partial charge in [-0.1, -0.05) is 29.8 Å². The number of hydrogen-bond acceptors (Lipinski definition) is 5. The minimum absolute atomic E-state index is 0.128. The summed E-state index contributed by atoms with van der Waals surface area (Å²) in [5.74, 6) is -2.27. The third kappa shape index (κ3) is 4.67. The highest BCUT2D eigenvalue weighted by Crippen LogP contribution is 2.53. The fourth-order valence-electron chi connectivity index (χ4n) is 4.84. The Morgan fingerprint density at radius 1 is 1.19 bits per heavy atom. The first-order valence-electron chi connectivity index (χ1n) is 11.2. The monoisotopic (exact) mass is 536 g/mol. The van der Waals surface area contributed by atoms with Gasteiger partial charge in [0.25, 0.3) is 0 Å². The zero-order valence-corrected chi connectivity index (χ0v) is 20.2. The molecule has 1 N–H and O–H groups in total. The topological polar surface area (TPSA) is 79.7 Å². The van der Waals surface area contributed by atoms with Crippen LogP contribution in [0.2, 0.25) is 5.02 Å². The van der Waals surface area contributed by atoms with Crippen LogP contribution < -0.4 is 4.74 Å². The van der Waals surface area contributed by atoms with Gasteiger partial charge in [-0.3, -0.25) is 4.79 Å². The third-order valence-electron chi connectivity index (χ3n) is 6.50. The number of thiazole rings is 1. The molecular formula is C25H20ClF3N2O4S. The van der Waals surface area contributed by atoms with Crippen LogP contribution >= 0.6 is 22.9 Å². The van der Waals surface area contributed by atoms with Crippen molar-refractivity contribution < 1.29 is 32.6 Å². The van der Waals surface area contributed by atoms with Gasteiger partial charge in [0.05, 0.1) is 27.7 Å².